The first-order valence-electron chi connectivity index (χ1n) is 7.99. The smallest absolute Gasteiger partial charge is 0.335 e. The van der Waals surface area contributed by atoms with Gasteiger partial charge in [0.15, 0.2) is 0 Å². The van der Waals surface area contributed by atoms with Crippen LogP contribution in [0.2, 0.25) is 10.0 Å². The molecule has 1 aliphatic heterocycles. The van der Waals surface area contributed by atoms with Crippen LogP contribution in [-0.4, -0.2) is 50.0 Å². The van der Waals surface area contributed by atoms with E-state index in [0.29, 0.717) is 23.1 Å². The predicted molar refractivity (Wildman–Crippen MR) is 102 cm³/mol. The first-order chi connectivity index (χ1) is 12.8. The molecule has 2 aromatic rings. The van der Waals surface area contributed by atoms with Gasteiger partial charge in [0, 0.05) is 36.2 Å². The fourth-order valence-electron chi connectivity index (χ4n) is 2.67. The molecule has 0 bridgehead atoms. The van der Waals surface area contributed by atoms with Gasteiger partial charge in [-0.15, -0.1) is 0 Å². The summed E-state index contributed by atoms with van der Waals surface area (Å²) in [5.41, 5.74) is -0.153. The van der Waals surface area contributed by atoms with Crippen LogP contribution >= 0.6 is 23.2 Å². The van der Waals surface area contributed by atoms with E-state index in [9.17, 15) is 18.3 Å². The third-order valence-electron chi connectivity index (χ3n) is 3.95. The SMILES string of the molecule is O=C(O)c1ccc(Oc2cc(Cl)cc(Cl)c2)c(S(=O)(=O)N2CCNCC2)c1. The number of ether oxygens (including phenoxy) is 1. The number of halogens is 2. The Labute approximate surface area is 166 Å². The number of nitrogens with one attached hydrogen (secondary N) is 1. The van der Waals surface area contributed by atoms with Crippen LogP contribution in [0.5, 0.6) is 11.5 Å². The van der Waals surface area contributed by atoms with Crippen LogP contribution in [0.4, 0.5) is 0 Å². The van der Waals surface area contributed by atoms with E-state index >= 15 is 0 Å². The Bertz CT molecular complexity index is 955. The van der Waals surface area contributed by atoms with Gasteiger partial charge in [0.25, 0.3) is 0 Å². The van der Waals surface area contributed by atoms with Crippen molar-refractivity contribution in [3.63, 3.8) is 0 Å². The molecule has 3 rings (SSSR count). The number of hydrogen-bond donors (Lipinski definition) is 2. The quantitative estimate of drug-likeness (QED) is 0.756. The average molecular weight is 431 g/mol. The maximum Gasteiger partial charge on any atom is 0.335 e. The van der Waals surface area contributed by atoms with Gasteiger partial charge in [-0.3, -0.25) is 0 Å². The van der Waals surface area contributed by atoms with Crippen LogP contribution < -0.4 is 10.1 Å². The number of benzene rings is 2. The lowest BCUT2D eigenvalue weighted by atomic mass is 10.2. The maximum atomic E-state index is 13.1. The molecule has 1 saturated heterocycles. The summed E-state index contributed by atoms with van der Waals surface area (Å²) in [6.07, 6.45) is 0. The molecule has 0 amide bonds. The summed E-state index contributed by atoms with van der Waals surface area (Å²) in [4.78, 5) is 11.1. The molecule has 7 nitrogen and oxygen atoms in total. The van der Waals surface area contributed by atoms with Gasteiger partial charge in [0.1, 0.15) is 16.4 Å². The Morgan fingerprint density at radius 3 is 2.30 bits per heavy atom. The van der Waals surface area contributed by atoms with Crippen molar-refractivity contribution >= 4 is 39.2 Å². The zero-order chi connectivity index (χ0) is 19.6. The van der Waals surface area contributed by atoms with Crippen LogP contribution in [0.25, 0.3) is 0 Å². The summed E-state index contributed by atoms with van der Waals surface area (Å²) in [6.45, 7) is 1.58. The lowest BCUT2D eigenvalue weighted by molar-refractivity contribution is 0.0696. The highest BCUT2D eigenvalue weighted by atomic mass is 35.5. The number of hydrogen-bond acceptors (Lipinski definition) is 5. The normalized spacial score (nSPS) is 15.5. The maximum absolute atomic E-state index is 13.1. The molecule has 0 unspecified atom stereocenters. The first kappa shape index (κ1) is 19.9. The molecule has 2 aromatic carbocycles. The summed E-state index contributed by atoms with van der Waals surface area (Å²) in [6, 6.07) is 8.18. The van der Waals surface area contributed by atoms with Crippen molar-refractivity contribution < 1.29 is 23.1 Å². The highest BCUT2D eigenvalue weighted by Gasteiger charge is 2.30. The van der Waals surface area contributed by atoms with Gasteiger partial charge in [-0.1, -0.05) is 23.2 Å². The number of carbonyl (C=O) groups is 1. The molecule has 27 heavy (non-hydrogen) atoms. The number of carboxylic acids is 1. The summed E-state index contributed by atoms with van der Waals surface area (Å²) in [7, 11) is -3.95. The van der Waals surface area contributed by atoms with Crippen LogP contribution in [0.3, 0.4) is 0 Å². The van der Waals surface area contributed by atoms with Gasteiger partial charge < -0.3 is 15.2 Å². The van der Waals surface area contributed by atoms with Crippen molar-refractivity contribution in [3.8, 4) is 11.5 Å². The Morgan fingerprint density at radius 1 is 1.07 bits per heavy atom. The van der Waals surface area contributed by atoms with Gasteiger partial charge in [0.2, 0.25) is 10.0 Å². The van der Waals surface area contributed by atoms with E-state index in [-0.39, 0.29) is 35.0 Å². The average Bonchev–Trinajstić information content (AvgIpc) is 2.61. The van der Waals surface area contributed by atoms with E-state index in [1.165, 1.54) is 34.6 Å². The van der Waals surface area contributed by atoms with E-state index in [1.54, 1.807) is 0 Å². The van der Waals surface area contributed by atoms with Gasteiger partial charge in [-0.2, -0.15) is 4.31 Å². The molecule has 1 fully saturated rings. The number of sulfonamides is 1. The van der Waals surface area contributed by atoms with E-state index in [1.807, 2.05) is 0 Å². The largest absolute Gasteiger partial charge is 0.478 e. The highest BCUT2D eigenvalue weighted by molar-refractivity contribution is 7.89. The van der Waals surface area contributed by atoms with Crippen LogP contribution in [-0.2, 0) is 10.0 Å². The summed E-state index contributed by atoms with van der Waals surface area (Å²) >= 11 is 11.9. The number of piperazine rings is 1. The van der Waals surface area contributed by atoms with Gasteiger partial charge in [0.05, 0.1) is 5.56 Å². The van der Waals surface area contributed by atoms with Crippen LogP contribution in [0, 0.1) is 0 Å². The third kappa shape index (κ3) is 4.53. The number of rotatable bonds is 5. The lowest BCUT2D eigenvalue weighted by Crippen LogP contribution is -2.46. The van der Waals surface area contributed by atoms with E-state index in [4.69, 9.17) is 27.9 Å². The molecule has 0 spiro atoms. The molecule has 0 atom stereocenters. The minimum atomic E-state index is -3.95. The molecule has 0 saturated carbocycles. The second kappa shape index (κ2) is 8.04. The lowest BCUT2D eigenvalue weighted by Gasteiger charge is -2.27. The van der Waals surface area contributed by atoms with Gasteiger partial charge >= 0.3 is 5.97 Å². The molecular weight excluding hydrogens is 415 g/mol. The summed E-state index contributed by atoms with van der Waals surface area (Å²) < 4.78 is 33.2. The zero-order valence-electron chi connectivity index (χ0n) is 14.0. The first-order valence-corrected chi connectivity index (χ1v) is 10.2. The molecule has 0 radical (unpaired) electrons. The second-order valence-electron chi connectivity index (χ2n) is 5.83. The Morgan fingerprint density at radius 2 is 1.70 bits per heavy atom. The molecule has 144 valence electrons. The van der Waals surface area contributed by atoms with Crippen molar-refractivity contribution in [1.29, 1.82) is 0 Å². The van der Waals surface area contributed by atoms with E-state index in [2.05, 4.69) is 5.32 Å². The molecule has 10 heteroatoms. The third-order valence-corrected chi connectivity index (χ3v) is 6.30. The molecule has 0 aromatic heterocycles. The molecule has 2 N–H and O–H groups in total. The summed E-state index contributed by atoms with van der Waals surface area (Å²) in [5.74, 6) is -0.992. The molecule has 1 heterocycles. The van der Waals surface area contributed by atoms with E-state index < -0.39 is 16.0 Å². The van der Waals surface area contributed by atoms with Crippen molar-refractivity contribution in [3.05, 3.63) is 52.0 Å². The minimum absolute atomic E-state index is 0.00290. The van der Waals surface area contributed by atoms with Crippen LogP contribution in [0.15, 0.2) is 41.3 Å². The predicted octanol–water partition coefficient (Wildman–Crippen LogP) is 3.08. The Balaban J connectivity index is 2.06. The molecule has 0 aliphatic carbocycles. The molecular formula is C17H16Cl2N2O5S. The fraction of sp³-hybridized carbons (Fsp3) is 0.235. The second-order valence-corrected chi connectivity index (χ2v) is 8.61. The van der Waals surface area contributed by atoms with E-state index in [0.717, 1.165) is 6.07 Å². The topological polar surface area (TPSA) is 95.9 Å². The highest BCUT2D eigenvalue weighted by Crippen LogP contribution is 2.34. The van der Waals surface area contributed by atoms with Crippen molar-refractivity contribution in [2.45, 2.75) is 4.90 Å². The number of aromatic carboxylic acids is 1. The standard InChI is InChI=1S/C17H16Cl2N2O5S/c18-12-8-13(19)10-14(9-12)26-15-2-1-11(17(22)23)7-16(15)27(24,25)21-5-3-20-4-6-21/h1-2,7-10,20H,3-6H2,(H,22,23). The van der Waals surface area contributed by atoms with Gasteiger partial charge in [-0.05, 0) is 36.4 Å². The van der Waals surface area contributed by atoms with Crippen molar-refractivity contribution in [1.82, 2.24) is 9.62 Å². The number of nitrogens with zero attached hydrogens (tertiary/aromatic N) is 1. The monoisotopic (exact) mass is 430 g/mol. The van der Waals surface area contributed by atoms with Crippen molar-refractivity contribution in [2.24, 2.45) is 0 Å². The fourth-order valence-corrected chi connectivity index (χ4v) is 4.75. The Hall–Kier alpha value is -1.84. The minimum Gasteiger partial charge on any atom is -0.478 e. The summed E-state index contributed by atoms with van der Waals surface area (Å²) in [5, 5.41) is 13.0. The van der Waals surface area contributed by atoms with Gasteiger partial charge in [-0.25, -0.2) is 13.2 Å². The zero-order valence-corrected chi connectivity index (χ0v) is 16.3. The van der Waals surface area contributed by atoms with Crippen LogP contribution in [0.1, 0.15) is 10.4 Å². The Kier molecular flexibility index (Phi) is 5.92. The molecule has 1 aliphatic rings. The van der Waals surface area contributed by atoms with Crippen molar-refractivity contribution in [2.75, 3.05) is 26.2 Å². The number of carboxylic acid groups (broad SMARTS) is 1.